The van der Waals surface area contributed by atoms with Crippen molar-refractivity contribution in [1.82, 2.24) is 15.0 Å². The van der Waals surface area contributed by atoms with Gasteiger partial charge >= 0.3 is 0 Å². The molecule has 0 saturated heterocycles. The first-order chi connectivity index (χ1) is 6.54. The smallest absolute Gasteiger partial charge is 0.237 e. The van der Waals surface area contributed by atoms with Gasteiger partial charge in [-0.2, -0.15) is 15.0 Å². The monoisotopic (exact) mass is 215 g/mol. The van der Waals surface area contributed by atoms with E-state index in [-0.39, 0.29) is 11.2 Å². The lowest BCUT2D eigenvalue weighted by molar-refractivity contribution is -0.107. The Morgan fingerprint density at radius 2 is 1.71 bits per heavy atom. The van der Waals surface area contributed by atoms with Gasteiger partial charge in [0.05, 0.1) is 0 Å². The van der Waals surface area contributed by atoms with Crippen LogP contribution in [0.1, 0.15) is 0 Å². The SMILES string of the molecule is CN(C)c1nc(Cl)nc(N(C)C=O)n1. The number of halogens is 1. The quantitative estimate of drug-likeness (QED) is 0.674. The lowest BCUT2D eigenvalue weighted by atomic mass is 10.7. The second kappa shape index (κ2) is 4.19. The zero-order chi connectivity index (χ0) is 10.7. The van der Waals surface area contributed by atoms with Gasteiger partial charge in [-0.25, -0.2) is 0 Å². The molecule has 0 aromatic carbocycles. The third-order valence-corrected chi connectivity index (χ3v) is 1.63. The molecule has 0 radical (unpaired) electrons. The summed E-state index contributed by atoms with van der Waals surface area (Å²) in [5.41, 5.74) is 0. The minimum absolute atomic E-state index is 0.0624. The standard InChI is InChI=1S/C7H10ClN5O/c1-12(2)6-9-5(8)10-7(11-6)13(3)4-14/h4H,1-3H3. The third-order valence-electron chi connectivity index (χ3n) is 1.46. The van der Waals surface area contributed by atoms with Gasteiger partial charge in [-0.3, -0.25) is 9.69 Å². The molecular formula is C7H10ClN5O. The molecule has 0 spiro atoms. The van der Waals surface area contributed by atoms with E-state index in [1.807, 2.05) is 0 Å². The van der Waals surface area contributed by atoms with Crippen LogP contribution in [0.3, 0.4) is 0 Å². The number of hydrogen-bond acceptors (Lipinski definition) is 5. The summed E-state index contributed by atoms with van der Waals surface area (Å²) in [6.45, 7) is 0. The molecule has 0 aliphatic carbocycles. The molecule has 0 saturated carbocycles. The second-order valence-electron chi connectivity index (χ2n) is 2.82. The number of carbonyl (C=O) groups excluding carboxylic acids is 1. The van der Waals surface area contributed by atoms with E-state index in [0.29, 0.717) is 12.4 Å². The fourth-order valence-corrected chi connectivity index (χ4v) is 0.886. The molecule has 0 bridgehead atoms. The molecule has 76 valence electrons. The van der Waals surface area contributed by atoms with Crippen LogP contribution in [0.25, 0.3) is 0 Å². The van der Waals surface area contributed by atoms with E-state index in [1.165, 1.54) is 11.9 Å². The highest BCUT2D eigenvalue weighted by Crippen LogP contribution is 2.12. The largest absolute Gasteiger partial charge is 0.347 e. The topological polar surface area (TPSA) is 62.2 Å². The van der Waals surface area contributed by atoms with Crippen LogP contribution in [0.2, 0.25) is 5.28 Å². The molecule has 14 heavy (non-hydrogen) atoms. The van der Waals surface area contributed by atoms with Gasteiger partial charge < -0.3 is 4.90 Å². The summed E-state index contributed by atoms with van der Waals surface area (Å²) >= 11 is 5.66. The van der Waals surface area contributed by atoms with Crippen LogP contribution >= 0.6 is 11.6 Å². The maximum atomic E-state index is 10.5. The molecule has 0 fully saturated rings. The van der Waals surface area contributed by atoms with E-state index in [1.54, 1.807) is 19.0 Å². The van der Waals surface area contributed by atoms with Crippen molar-refractivity contribution in [2.24, 2.45) is 0 Å². The first-order valence-corrected chi connectivity index (χ1v) is 4.19. The van der Waals surface area contributed by atoms with Crippen molar-refractivity contribution < 1.29 is 4.79 Å². The van der Waals surface area contributed by atoms with Crippen molar-refractivity contribution in [1.29, 1.82) is 0 Å². The minimum atomic E-state index is 0.0624. The Morgan fingerprint density at radius 1 is 1.14 bits per heavy atom. The molecular weight excluding hydrogens is 206 g/mol. The molecule has 1 amide bonds. The highest BCUT2D eigenvalue weighted by molar-refractivity contribution is 6.28. The average molecular weight is 216 g/mol. The zero-order valence-corrected chi connectivity index (χ0v) is 8.86. The molecule has 0 aliphatic rings. The summed E-state index contributed by atoms with van der Waals surface area (Å²) < 4.78 is 0. The summed E-state index contributed by atoms with van der Waals surface area (Å²) in [7, 11) is 5.09. The van der Waals surface area contributed by atoms with Crippen LogP contribution in [0.5, 0.6) is 0 Å². The lowest BCUT2D eigenvalue weighted by Crippen LogP contribution is -2.20. The van der Waals surface area contributed by atoms with Crippen molar-refractivity contribution in [3.8, 4) is 0 Å². The molecule has 1 aromatic rings. The summed E-state index contributed by atoms with van der Waals surface area (Å²) in [6.07, 6.45) is 0.602. The second-order valence-corrected chi connectivity index (χ2v) is 3.15. The van der Waals surface area contributed by atoms with Crippen molar-refractivity contribution in [3.63, 3.8) is 0 Å². The van der Waals surface area contributed by atoms with Gasteiger partial charge in [0.1, 0.15) is 0 Å². The van der Waals surface area contributed by atoms with E-state index in [4.69, 9.17) is 11.6 Å². The zero-order valence-electron chi connectivity index (χ0n) is 8.10. The fraction of sp³-hybridized carbons (Fsp3) is 0.429. The molecule has 0 unspecified atom stereocenters. The highest BCUT2D eigenvalue weighted by atomic mass is 35.5. The Bertz CT molecular complexity index is 343. The third kappa shape index (κ3) is 2.29. The van der Waals surface area contributed by atoms with Crippen molar-refractivity contribution in [2.45, 2.75) is 0 Å². The van der Waals surface area contributed by atoms with Gasteiger partial charge in [0.25, 0.3) is 0 Å². The van der Waals surface area contributed by atoms with Gasteiger partial charge in [-0.1, -0.05) is 0 Å². The molecule has 1 rings (SSSR count). The lowest BCUT2D eigenvalue weighted by Gasteiger charge is -2.13. The molecule has 6 nitrogen and oxygen atoms in total. The predicted molar refractivity (Wildman–Crippen MR) is 53.6 cm³/mol. The van der Waals surface area contributed by atoms with E-state index in [0.717, 1.165) is 0 Å². The molecule has 0 N–H and O–H groups in total. The van der Waals surface area contributed by atoms with Gasteiger partial charge in [0.2, 0.25) is 23.6 Å². The van der Waals surface area contributed by atoms with Gasteiger partial charge in [0.15, 0.2) is 0 Å². The van der Waals surface area contributed by atoms with Crippen LogP contribution in [-0.2, 0) is 4.79 Å². The normalized spacial score (nSPS) is 9.71. The number of amides is 1. The average Bonchev–Trinajstić information content (AvgIpc) is 2.15. The van der Waals surface area contributed by atoms with Crippen LogP contribution in [0.15, 0.2) is 0 Å². The van der Waals surface area contributed by atoms with Gasteiger partial charge in [-0.05, 0) is 11.6 Å². The number of nitrogens with zero attached hydrogens (tertiary/aromatic N) is 5. The van der Waals surface area contributed by atoms with E-state index >= 15 is 0 Å². The number of rotatable bonds is 3. The molecule has 1 aromatic heterocycles. The Kier molecular flexibility index (Phi) is 3.19. The molecule has 7 heteroatoms. The summed E-state index contributed by atoms with van der Waals surface area (Å²) in [4.78, 5) is 25.1. The Hall–Kier alpha value is -1.43. The molecule has 1 heterocycles. The first kappa shape index (κ1) is 10.6. The van der Waals surface area contributed by atoms with Crippen molar-refractivity contribution in [2.75, 3.05) is 30.9 Å². The van der Waals surface area contributed by atoms with Crippen LogP contribution < -0.4 is 9.80 Å². The van der Waals surface area contributed by atoms with Gasteiger partial charge in [-0.15, -0.1) is 0 Å². The Balaban J connectivity index is 3.13. The van der Waals surface area contributed by atoms with E-state index < -0.39 is 0 Å². The van der Waals surface area contributed by atoms with E-state index in [2.05, 4.69) is 15.0 Å². The number of aromatic nitrogens is 3. The number of hydrogen-bond donors (Lipinski definition) is 0. The molecule has 0 atom stereocenters. The Labute approximate surface area is 86.5 Å². The van der Waals surface area contributed by atoms with Gasteiger partial charge in [0, 0.05) is 21.1 Å². The van der Waals surface area contributed by atoms with Crippen LogP contribution in [0.4, 0.5) is 11.9 Å². The maximum Gasteiger partial charge on any atom is 0.237 e. The van der Waals surface area contributed by atoms with E-state index in [9.17, 15) is 4.79 Å². The minimum Gasteiger partial charge on any atom is -0.347 e. The summed E-state index contributed by atoms with van der Waals surface area (Å²) in [5, 5.41) is 0.0624. The van der Waals surface area contributed by atoms with Crippen LogP contribution in [-0.4, -0.2) is 42.5 Å². The molecule has 0 aliphatic heterocycles. The Morgan fingerprint density at radius 3 is 2.21 bits per heavy atom. The summed E-state index contributed by atoms with van der Waals surface area (Å²) in [5.74, 6) is 0.636. The number of anilines is 2. The van der Waals surface area contributed by atoms with Crippen molar-refractivity contribution >= 4 is 29.9 Å². The maximum absolute atomic E-state index is 10.5. The predicted octanol–water partition coefficient (Wildman–Crippen LogP) is 0.184. The van der Waals surface area contributed by atoms with Crippen LogP contribution in [0, 0.1) is 0 Å². The number of carbonyl (C=O) groups is 1. The van der Waals surface area contributed by atoms with Crippen molar-refractivity contribution in [3.05, 3.63) is 5.28 Å². The summed E-state index contributed by atoms with van der Waals surface area (Å²) in [6, 6.07) is 0. The fourth-order valence-electron chi connectivity index (χ4n) is 0.734. The first-order valence-electron chi connectivity index (χ1n) is 3.81. The highest BCUT2D eigenvalue weighted by Gasteiger charge is 2.09.